The van der Waals surface area contributed by atoms with Crippen molar-refractivity contribution in [3.8, 4) is 11.5 Å². The summed E-state index contributed by atoms with van der Waals surface area (Å²) in [6.45, 7) is 8.42. The van der Waals surface area contributed by atoms with Gasteiger partial charge < -0.3 is 26.3 Å². The minimum absolute atomic E-state index is 0.113. The van der Waals surface area contributed by atoms with Crippen LogP contribution < -0.4 is 26.3 Å². The summed E-state index contributed by atoms with van der Waals surface area (Å²) in [6.07, 6.45) is 2.54. The molecular formula is C19H30N4O2. The number of hydrogen-bond donors (Lipinski definition) is 3. The average Bonchev–Trinajstić information content (AvgIpc) is 2.56. The van der Waals surface area contributed by atoms with Gasteiger partial charge in [-0.1, -0.05) is 27.7 Å². The van der Waals surface area contributed by atoms with E-state index in [1.165, 1.54) is 5.56 Å². The minimum atomic E-state index is -0.823. The SMILES string of the molecule is COc1cc(CC2=CNC(N)=NC2(N)C(C)C)c(C(C)C)cc1OC. The van der Waals surface area contributed by atoms with Crippen LogP contribution in [-0.2, 0) is 6.42 Å². The molecule has 1 aromatic carbocycles. The Morgan fingerprint density at radius 1 is 1.12 bits per heavy atom. The molecule has 1 aromatic rings. The fraction of sp³-hybridized carbons (Fsp3) is 0.526. The number of nitrogens with two attached hydrogens (primary N) is 2. The topological polar surface area (TPSA) is 94.9 Å². The highest BCUT2D eigenvalue weighted by Crippen LogP contribution is 2.37. The highest BCUT2D eigenvalue weighted by atomic mass is 16.5. The number of rotatable bonds is 6. The maximum absolute atomic E-state index is 6.61. The largest absolute Gasteiger partial charge is 0.493 e. The summed E-state index contributed by atoms with van der Waals surface area (Å²) in [5.41, 5.74) is 15.0. The quantitative estimate of drug-likeness (QED) is 0.735. The molecule has 6 heteroatoms. The summed E-state index contributed by atoms with van der Waals surface area (Å²) >= 11 is 0. The Kier molecular flexibility index (Phi) is 5.62. The van der Waals surface area contributed by atoms with Crippen LogP contribution in [-0.4, -0.2) is 25.8 Å². The van der Waals surface area contributed by atoms with Gasteiger partial charge in [0.25, 0.3) is 0 Å². The standard InChI is InChI=1S/C19H30N4O2/c1-11(2)15-9-17(25-6)16(24-5)8-13(15)7-14-10-22-18(20)23-19(14,21)12(3)4/h8-12H,7,21H2,1-6H3,(H3,20,22,23). The van der Waals surface area contributed by atoms with E-state index in [0.717, 1.165) is 16.9 Å². The Morgan fingerprint density at radius 2 is 1.72 bits per heavy atom. The van der Waals surface area contributed by atoms with Crippen LogP contribution in [0, 0.1) is 5.92 Å². The first-order valence-corrected chi connectivity index (χ1v) is 8.58. The summed E-state index contributed by atoms with van der Waals surface area (Å²) in [7, 11) is 3.29. The molecule has 1 aliphatic heterocycles. The lowest BCUT2D eigenvalue weighted by atomic mass is 9.83. The molecule has 0 amide bonds. The second-order valence-electron chi connectivity index (χ2n) is 7.03. The van der Waals surface area contributed by atoms with Crippen LogP contribution in [0.4, 0.5) is 0 Å². The minimum Gasteiger partial charge on any atom is -0.493 e. The zero-order valence-corrected chi connectivity index (χ0v) is 16.0. The van der Waals surface area contributed by atoms with E-state index < -0.39 is 5.66 Å². The first-order chi connectivity index (χ1) is 11.7. The molecule has 0 spiro atoms. The van der Waals surface area contributed by atoms with Gasteiger partial charge in [-0.15, -0.1) is 0 Å². The van der Waals surface area contributed by atoms with E-state index in [0.29, 0.717) is 24.0 Å². The third-order valence-electron chi connectivity index (χ3n) is 4.74. The molecule has 0 saturated heterocycles. The lowest BCUT2D eigenvalue weighted by Crippen LogP contribution is -2.52. The lowest BCUT2D eigenvalue weighted by molar-refractivity contribution is 0.352. The highest BCUT2D eigenvalue weighted by Gasteiger charge is 2.36. The van der Waals surface area contributed by atoms with Crippen LogP contribution in [0.3, 0.4) is 0 Å². The predicted octanol–water partition coefficient (Wildman–Crippen LogP) is 2.48. The van der Waals surface area contributed by atoms with E-state index in [2.05, 4.69) is 24.2 Å². The van der Waals surface area contributed by atoms with Crippen molar-refractivity contribution in [2.75, 3.05) is 14.2 Å². The number of nitrogens with zero attached hydrogens (tertiary/aromatic N) is 1. The van der Waals surface area contributed by atoms with Crippen LogP contribution in [0.2, 0.25) is 0 Å². The Bertz CT molecular complexity index is 695. The van der Waals surface area contributed by atoms with Crippen LogP contribution in [0.25, 0.3) is 0 Å². The van der Waals surface area contributed by atoms with Crippen molar-refractivity contribution in [3.63, 3.8) is 0 Å². The summed E-state index contributed by atoms with van der Waals surface area (Å²) in [4.78, 5) is 4.48. The first-order valence-electron chi connectivity index (χ1n) is 8.58. The van der Waals surface area contributed by atoms with Crippen LogP contribution in [0.5, 0.6) is 11.5 Å². The van der Waals surface area contributed by atoms with E-state index in [1.807, 2.05) is 32.2 Å². The first kappa shape index (κ1) is 19.1. The lowest BCUT2D eigenvalue weighted by Gasteiger charge is -2.35. The summed E-state index contributed by atoms with van der Waals surface area (Å²) in [5, 5.41) is 2.99. The smallest absolute Gasteiger partial charge is 0.194 e. The van der Waals surface area contributed by atoms with E-state index >= 15 is 0 Å². The average molecular weight is 346 g/mol. The molecule has 0 bridgehead atoms. The fourth-order valence-electron chi connectivity index (χ4n) is 3.11. The number of hydrogen-bond acceptors (Lipinski definition) is 6. The normalized spacial score (nSPS) is 20.2. The molecule has 25 heavy (non-hydrogen) atoms. The van der Waals surface area contributed by atoms with Crippen molar-refractivity contribution >= 4 is 5.96 Å². The van der Waals surface area contributed by atoms with E-state index in [-0.39, 0.29) is 5.92 Å². The van der Waals surface area contributed by atoms with Crippen molar-refractivity contribution < 1.29 is 9.47 Å². The van der Waals surface area contributed by atoms with Crippen LogP contribution in [0.1, 0.15) is 44.7 Å². The number of aliphatic imine (C=N–C) groups is 1. The van der Waals surface area contributed by atoms with Gasteiger partial charge >= 0.3 is 0 Å². The van der Waals surface area contributed by atoms with Gasteiger partial charge in [-0.25, -0.2) is 4.99 Å². The highest BCUT2D eigenvalue weighted by molar-refractivity contribution is 5.81. The molecule has 1 aliphatic rings. The van der Waals surface area contributed by atoms with E-state index in [9.17, 15) is 0 Å². The fourth-order valence-corrected chi connectivity index (χ4v) is 3.11. The summed E-state index contributed by atoms with van der Waals surface area (Å²) in [5.74, 6) is 2.24. The molecule has 5 N–H and O–H groups in total. The second kappa shape index (κ2) is 7.35. The van der Waals surface area contributed by atoms with Crippen molar-refractivity contribution in [1.29, 1.82) is 0 Å². The van der Waals surface area contributed by atoms with Gasteiger partial charge in [0.15, 0.2) is 17.5 Å². The Hall–Kier alpha value is -2.21. The number of methoxy groups -OCH3 is 2. The second-order valence-corrected chi connectivity index (χ2v) is 7.03. The van der Waals surface area contributed by atoms with Crippen molar-refractivity contribution in [1.82, 2.24) is 5.32 Å². The van der Waals surface area contributed by atoms with Crippen LogP contribution >= 0.6 is 0 Å². The van der Waals surface area contributed by atoms with Gasteiger partial charge in [-0.2, -0.15) is 0 Å². The molecule has 0 fully saturated rings. The summed E-state index contributed by atoms with van der Waals surface area (Å²) < 4.78 is 10.9. The maximum Gasteiger partial charge on any atom is 0.194 e. The van der Waals surface area contributed by atoms with Crippen molar-refractivity contribution in [2.45, 2.75) is 45.7 Å². The molecular weight excluding hydrogens is 316 g/mol. The molecule has 0 aliphatic carbocycles. The Labute approximate surface area is 150 Å². The number of nitrogens with one attached hydrogen (secondary N) is 1. The third-order valence-corrected chi connectivity index (χ3v) is 4.74. The molecule has 1 heterocycles. The third kappa shape index (κ3) is 3.74. The number of benzene rings is 1. The van der Waals surface area contributed by atoms with E-state index in [1.54, 1.807) is 14.2 Å². The molecule has 1 unspecified atom stereocenters. The van der Waals surface area contributed by atoms with Gasteiger partial charge in [-0.05, 0) is 47.1 Å². The number of guanidine groups is 1. The molecule has 138 valence electrons. The van der Waals surface area contributed by atoms with Crippen molar-refractivity contribution in [3.05, 3.63) is 35.0 Å². The molecule has 0 radical (unpaired) electrons. The Balaban J connectivity index is 2.48. The van der Waals surface area contributed by atoms with Gasteiger partial charge in [0.2, 0.25) is 0 Å². The molecule has 0 aromatic heterocycles. The van der Waals surface area contributed by atoms with Gasteiger partial charge in [0, 0.05) is 6.20 Å². The Morgan fingerprint density at radius 3 is 2.24 bits per heavy atom. The summed E-state index contributed by atoms with van der Waals surface area (Å²) in [6, 6.07) is 4.07. The maximum atomic E-state index is 6.61. The van der Waals surface area contributed by atoms with Gasteiger partial charge in [0.1, 0.15) is 5.66 Å². The van der Waals surface area contributed by atoms with E-state index in [4.69, 9.17) is 20.9 Å². The predicted molar refractivity (Wildman–Crippen MR) is 102 cm³/mol. The van der Waals surface area contributed by atoms with Crippen molar-refractivity contribution in [2.24, 2.45) is 22.4 Å². The number of ether oxygens (including phenoxy) is 2. The zero-order chi connectivity index (χ0) is 18.8. The van der Waals surface area contributed by atoms with Gasteiger partial charge in [-0.3, -0.25) is 0 Å². The molecule has 6 nitrogen and oxygen atoms in total. The van der Waals surface area contributed by atoms with Crippen LogP contribution in [0.15, 0.2) is 28.9 Å². The molecule has 0 saturated carbocycles. The monoisotopic (exact) mass is 346 g/mol. The molecule has 1 atom stereocenters. The zero-order valence-electron chi connectivity index (χ0n) is 16.0. The molecule has 2 rings (SSSR count). The van der Waals surface area contributed by atoms with Gasteiger partial charge in [0.05, 0.1) is 14.2 Å².